The lowest BCUT2D eigenvalue weighted by Crippen LogP contribution is -2.38. The first-order valence-corrected chi connectivity index (χ1v) is 11.5. The first-order valence-electron chi connectivity index (χ1n) is 11.5. The van der Waals surface area contributed by atoms with Gasteiger partial charge in [-0.05, 0) is 48.4 Å². The molecule has 0 bridgehead atoms. The number of unbranched alkanes of at least 4 members (excludes halogenated alkanes) is 2. The molecular formula is C27H35N3O2. The fourth-order valence-corrected chi connectivity index (χ4v) is 3.75. The maximum absolute atomic E-state index is 13.1. The van der Waals surface area contributed by atoms with Crippen LogP contribution in [0.25, 0.3) is 0 Å². The molecule has 0 radical (unpaired) electrons. The molecule has 2 aromatic carbocycles. The van der Waals surface area contributed by atoms with Crippen LogP contribution < -0.4 is 10.1 Å². The Kier molecular flexibility index (Phi) is 9.38. The normalized spacial score (nSPS) is 10.8. The summed E-state index contributed by atoms with van der Waals surface area (Å²) in [5.74, 6) is 0.978. The summed E-state index contributed by atoms with van der Waals surface area (Å²) in [5, 5.41) is 3.32. The summed E-state index contributed by atoms with van der Waals surface area (Å²) in [5.41, 5.74) is 3.42. The van der Waals surface area contributed by atoms with Gasteiger partial charge in [0, 0.05) is 25.0 Å². The molecule has 0 aliphatic carbocycles. The van der Waals surface area contributed by atoms with Gasteiger partial charge < -0.3 is 19.5 Å². The number of benzene rings is 2. The van der Waals surface area contributed by atoms with Crippen molar-refractivity contribution in [2.45, 2.75) is 45.8 Å². The highest BCUT2D eigenvalue weighted by Gasteiger charge is 2.16. The van der Waals surface area contributed by atoms with Crippen molar-refractivity contribution in [3.63, 3.8) is 0 Å². The molecule has 1 amide bonds. The number of carbonyl (C=O) groups excluding carboxylic acids is 1. The van der Waals surface area contributed by atoms with Crippen LogP contribution in [0, 0.1) is 0 Å². The van der Waals surface area contributed by atoms with Crippen LogP contribution in [0.2, 0.25) is 0 Å². The zero-order valence-corrected chi connectivity index (χ0v) is 19.3. The van der Waals surface area contributed by atoms with E-state index < -0.39 is 0 Å². The van der Waals surface area contributed by atoms with Gasteiger partial charge in [-0.1, -0.05) is 62.2 Å². The molecule has 1 aromatic heterocycles. The Morgan fingerprint density at radius 2 is 1.78 bits per heavy atom. The minimum atomic E-state index is 0.125. The average molecular weight is 434 g/mol. The molecule has 0 spiro atoms. The summed E-state index contributed by atoms with van der Waals surface area (Å²) in [6, 6.07) is 22.4. The number of nitrogens with one attached hydrogen (secondary N) is 1. The second-order valence-corrected chi connectivity index (χ2v) is 8.10. The molecule has 3 rings (SSSR count). The van der Waals surface area contributed by atoms with E-state index in [1.54, 1.807) is 7.11 Å². The van der Waals surface area contributed by atoms with E-state index in [-0.39, 0.29) is 5.91 Å². The van der Waals surface area contributed by atoms with Gasteiger partial charge in [0.15, 0.2) is 0 Å². The predicted octanol–water partition coefficient (Wildman–Crippen LogP) is 4.85. The Labute approximate surface area is 192 Å². The van der Waals surface area contributed by atoms with Crippen LogP contribution in [0.5, 0.6) is 5.75 Å². The van der Waals surface area contributed by atoms with Crippen molar-refractivity contribution in [2.75, 3.05) is 20.2 Å². The number of amides is 1. The highest BCUT2D eigenvalue weighted by molar-refractivity contribution is 5.78. The molecule has 32 heavy (non-hydrogen) atoms. The number of carbonyl (C=O) groups is 1. The van der Waals surface area contributed by atoms with Crippen molar-refractivity contribution in [3.05, 3.63) is 89.7 Å². The lowest BCUT2D eigenvalue weighted by Gasteiger charge is -2.24. The number of ether oxygens (including phenoxy) is 1. The fourth-order valence-electron chi connectivity index (χ4n) is 3.75. The van der Waals surface area contributed by atoms with E-state index >= 15 is 0 Å². The molecule has 170 valence electrons. The fraction of sp³-hybridized carbons (Fsp3) is 0.370. The van der Waals surface area contributed by atoms with Crippen LogP contribution in [0.4, 0.5) is 0 Å². The largest absolute Gasteiger partial charge is 0.497 e. The Balaban J connectivity index is 1.70. The SMILES string of the molecule is CCCCCNCC(=O)N(Cc1ccccc1)Cc1cccn1Cc1cccc(OC)c1. The van der Waals surface area contributed by atoms with Crippen LogP contribution in [-0.4, -0.2) is 35.6 Å². The van der Waals surface area contributed by atoms with Gasteiger partial charge in [-0.15, -0.1) is 0 Å². The molecule has 0 atom stereocenters. The maximum Gasteiger partial charge on any atom is 0.237 e. The van der Waals surface area contributed by atoms with Crippen LogP contribution in [0.15, 0.2) is 72.9 Å². The van der Waals surface area contributed by atoms with Gasteiger partial charge in [0.25, 0.3) is 0 Å². The third-order valence-corrected chi connectivity index (χ3v) is 5.57. The van der Waals surface area contributed by atoms with Gasteiger partial charge in [-0.3, -0.25) is 4.79 Å². The first-order chi connectivity index (χ1) is 15.7. The molecule has 3 aromatic rings. The van der Waals surface area contributed by atoms with Gasteiger partial charge >= 0.3 is 0 Å². The maximum atomic E-state index is 13.1. The highest BCUT2D eigenvalue weighted by Crippen LogP contribution is 2.17. The Bertz CT molecular complexity index is 952. The molecule has 5 heteroatoms. The van der Waals surface area contributed by atoms with Crippen LogP contribution in [-0.2, 0) is 24.4 Å². The van der Waals surface area contributed by atoms with E-state index in [1.807, 2.05) is 41.3 Å². The van der Waals surface area contributed by atoms with Crippen molar-refractivity contribution in [3.8, 4) is 5.75 Å². The highest BCUT2D eigenvalue weighted by atomic mass is 16.5. The van der Waals surface area contributed by atoms with Gasteiger partial charge in [-0.2, -0.15) is 0 Å². The molecule has 5 nitrogen and oxygen atoms in total. The van der Waals surface area contributed by atoms with Crippen molar-refractivity contribution >= 4 is 5.91 Å². The monoisotopic (exact) mass is 433 g/mol. The van der Waals surface area contributed by atoms with E-state index in [4.69, 9.17) is 4.74 Å². The van der Waals surface area contributed by atoms with Crippen molar-refractivity contribution < 1.29 is 9.53 Å². The molecular weight excluding hydrogens is 398 g/mol. The molecule has 0 aliphatic rings. The van der Waals surface area contributed by atoms with Crippen molar-refractivity contribution in [2.24, 2.45) is 0 Å². The lowest BCUT2D eigenvalue weighted by atomic mass is 10.2. The quantitative estimate of drug-likeness (QED) is 0.392. The van der Waals surface area contributed by atoms with Crippen molar-refractivity contribution in [1.29, 1.82) is 0 Å². The van der Waals surface area contributed by atoms with Crippen LogP contribution in [0.3, 0.4) is 0 Å². The van der Waals surface area contributed by atoms with Gasteiger partial charge in [-0.25, -0.2) is 0 Å². The second-order valence-electron chi connectivity index (χ2n) is 8.10. The number of rotatable bonds is 13. The summed E-state index contributed by atoms with van der Waals surface area (Å²) in [6.07, 6.45) is 5.54. The Hall–Kier alpha value is -3.05. The summed E-state index contributed by atoms with van der Waals surface area (Å²) in [4.78, 5) is 15.0. The minimum Gasteiger partial charge on any atom is -0.497 e. The molecule has 0 fully saturated rings. The summed E-state index contributed by atoms with van der Waals surface area (Å²) in [6.45, 7) is 5.34. The smallest absolute Gasteiger partial charge is 0.237 e. The molecule has 0 saturated carbocycles. The van der Waals surface area contributed by atoms with E-state index in [1.165, 1.54) is 18.4 Å². The van der Waals surface area contributed by atoms with E-state index in [0.29, 0.717) is 19.6 Å². The number of aromatic nitrogens is 1. The Morgan fingerprint density at radius 1 is 0.969 bits per heavy atom. The number of nitrogens with zero attached hydrogens (tertiary/aromatic N) is 2. The second kappa shape index (κ2) is 12.7. The zero-order chi connectivity index (χ0) is 22.6. The number of hydrogen-bond donors (Lipinski definition) is 1. The third-order valence-electron chi connectivity index (χ3n) is 5.57. The topological polar surface area (TPSA) is 46.5 Å². The van der Waals surface area contributed by atoms with Gasteiger partial charge in [0.1, 0.15) is 5.75 Å². The number of methoxy groups -OCH3 is 1. The zero-order valence-electron chi connectivity index (χ0n) is 19.3. The van der Waals surface area contributed by atoms with Crippen LogP contribution in [0.1, 0.15) is 43.0 Å². The molecule has 1 N–H and O–H groups in total. The van der Waals surface area contributed by atoms with Gasteiger partial charge in [0.05, 0.1) is 20.2 Å². The molecule has 0 aliphatic heterocycles. The van der Waals surface area contributed by atoms with Crippen molar-refractivity contribution in [1.82, 2.24) is 14.8 Å². The average Bonchev–Trinajstić information content (AvgIpc) is 3.25. The third kappa shape index (κ3) is 7.27. The standard InChI is InChI=1S/C27H35N3O2/c1-3-4-8-16-28-19-27(31)30(20-23-11-6-5-7-12-23)22-25-14-10-17-29(25)21-24-13-9-15-26(18-24)32-2/h5-7,9-15,17-18,28H,3-4,8,16,19-22H2,1-2H3. The first kappa shape index (κ1) is 23.6. The van der Waals surface area contributed by atoms with Gasteiger partial charge in [0.2, 0.25) is 5.91 Å². The Morgan fingerprint density at radius 3 is 2.56 bits per heavy atom. The predicted molar refractivity (Wildman–Crippen MR) is 130 cm³/mol. The molecule has 1 heterocycles. The molecule has 0 unspecified atom stereocenters. The van der Waals surface area contributed by atoms with Crippen LogP contribution >= 0.6 is 0 Å². The number of hydrogen-bond acceptors (Lipinski definition) is 3. The summed E-state index contributed by atoms with van der Waals surface area (Å²) >= 11 is 0. The van der Waals surface area contributed by atoms with E-state index in [2.05, 4.69) is 53.3 Å². The lowest BCUT2D eigenvalue weighted by molar-refractivity contribution is -0.131. The summed E-state index contributed by atoms with van der Waals surface area (Å²) in [7, 11) is 1.68. The molecule has 0 saturated heterocycles. The van der Waals surface area contributed by atoms with E-state index in [0.717, 1.165) is 36.5 Å². The summed E-state index contributed by atoms with van der Waals surface area (Å²) < 4.78 is 7.56. The minimum absolute atomic E-state index is 0.125. The van der Waals surface area contributed by atoms with E-state index in [9.17, 15) is 4.79 Å².